The van der Waals surface area contributed by atoms with E-state index >= 15 is 0 Å². The van der Waals surface area contributed by atoms with E-state index in [0.717, 1.165) is 18.6 Å². The number of nitrogens with two attached hydrogens (primary N) is 1. The van der Waals surface area contributed by atoms with Gasteiger partial charge >= 0.3 is 0 Å². The van der Waals surface area contributed by atoms with Crippen molar-refractivity contribution in [1.29, 1.82) is 0 Å². The molecule has 0 spiro atoms. The Morgan fingerprint density at radius 1 is 1.35 bits per heavy atom. The second-order valence-electron chi connectivity index (χ2n) is 5.04. The van der Waals surface area contributed by atoms with Crippen LogP contribution in [0.3, 0.4) is 0 Å². The van der Waals surface area contributed by atoms with Gasteiger partial charge in [-0.2, -0.15) is 0 Å². The summed E-state index contributed by atoms with van der Waals surface area (Å²) in [5.41, 5.74) is 5.75. The molecule has 20 heavy (non-hydrogen) atoms. The monoisotopic (exact) mass is 306 g/mol. The molecular weight excluding hydrogens is 286 g/mol. The maximum atomic E-state index is 13.4. The number of hydrogen-bond acceptors (Lipinski definition) is 2. The highest BCUT2D eigenvalue weighted by Gasteiger charge is 2.14. The van der Waals surface area contributed by atoms with E-state index in [4.69, 9.17) is 5.73 Å². The largest absolute Gasteiger partial charge is 0.352 e. The number of benzene rings is 1. The molecule has 0 radical (unpaired) electrons. The zero-order valence-electron chi connectivity index (χ0n) is 11.7. The lowest BCUT2D eigenvalue weighted by Crippen LogP contribution is -2.41. The summed E-state index contributed by atoms with van der Waals surface area (Å²) in [6.07, 6.45) is 0.662. The van der Waals surface area contributed by atoms with Crippen LogP contribution in [0.15, 0.2) is 18.2 Å². The van der Waals surface area contributed by atoms with Crippen LogP contribution in [0, 0.1) is 17.6 Å². The standard InChI is InChI=1S/C14H20F2N2O.ClH/c1-9(2)5-12(8-17)18-14(19)6-10-3-4-11(15)7-13(10)16;/h3-4,7,9,12H,5-6,8,17H2,1-2H3,(H,18,19);1H. The maximum absolute atomic E-state index is 13.4. The topological polar surface area (TPSA) is 55.1 Å². The predicted octanol–water partition coefficient (Wildman–Crippen LogP) is 2.42. The van der Waals surface area contributed by atoms with Crippen LogP contribution in [-0.4, -0.2) is 18.5 Å². The van der Waals surface area contributed by atoms with Gasteiger partial charge in [-0.15, -0.1) is 12.4 Å². The highest BCUT2D eigenvalue weighted by atomic mass is 35.5. The Kier molecular flexibility index (Phi) is 8.34. The molecule has 3 nitrogen and oxygen atoms in total. The molecule has 0 aromatic heterocycles. The second kappa shape index (κ2) is 8.87. The van der Waals surface area contributed by atoms with Gasteiger partial charge in [0.25, 0.3) is 0 Å². The first kappa shape index (κ1) is 18.8. The Bertz CT molecular complexity index is 441. The molecule has 0 heterocycles. The third kappa shape index (κ3) is 6.30. The Hall–Kier alpha value is -1.20. The van der Waals surface area contributed by atoms with E-state index in [2.05, 4.69) is 5.32 Å². The molecule has 0 aliphatic heterocycles. The van der Waals surface area contributed by atoms with Crippen molar-refractivity contribution < 1.29 is 13.6 Å². The minimum absolute atomic E-state index is 0. The predicted molar refractivity (Wildman–Crippen MR) is 77.8 cm³/mol. The van der Waals surface area contributed by atoms with Crippen LogP contribution in [0.5, 0.6) is 0 Å². The lowest BCUT2D eigenvalue weighted by Gasteiger charge is -2.18. The molecule has 1 aromatic rings. The van der Waals surface area contributed by atoms with Crippen molar-refractivity contribution >= 4 is 18.3 Å². The van der Waals surface area contributed by atoms with E-state index in [1.807, 2.05) is 13.8 Å². The van der Waals surface area contributed by atoms with Crippen molar-refractivity contribution in [2.45, 2.75) is 32.7 Å². The first-order valence-corrected chi connectivity index (χ1v) is 6.35. The van der Waals surface area contributed by atoms with Crippen molar-refractivity contribution in [3.8, 4) is 0 Å². The van der Waals surface area contributed by atoms with Crippen molar-refractivity contribution in [2.24, 2.45) is 11.7 Å². The minimum atomic E-state index is -0.705. The quantitative estimate of drug-likeness (QED) is 0.848. The van der Waals surface area contributed by atoms with Crippen LogP contribution in [0.4, 0.5) is 8.78 Å². The van der Waals surface area contributed by atoms with Crippen molar-refractivity contribution in [3.63, 3.8) is 0 Å². The van der Waals surface area contributed by atoms with Gasteiger partial charge in [0.15, 0.2) is 0 Å². The summed E-state index contributed by atoms with van der Waals surface area (Å²) in [4.78, 5) is 11.8. The van der Waals surface area contributed by atoms with Gasteiger partial charge in [0, 0.05) is 18.7 Å². The highest BCUT2D eigenvalue weighted by Crippen LogP contribution is 2.10. The lowest BCUT2D eigenvalue weighted by molar-refractivity contribution is -0.121. The smallest absolute Gasteiger partial charge is 0.224 e. The summed E-state index contributed by atoms with van der Waals surface area (Å²) in [6.45, 7) is 4.42. The van der Waals surface area contributed by atoms with Crippen molar-refractivity contribution in [2.75, 3.05) is 6.54 Å². The average molecular weight is 307 g/mol. The van der Waals surface area contributed by atoms with Gasteiger partial charge in [-0.25, -0.2) is 8.78 Å². The molecule has 1 aromatic carbocycles. The Morgan fingerprint density at radius 2 is 2.00 bits per heavy atom. The van der Waals surface area contributed by atoms with E-state index < -0.39 is 11.6 Å². The van der Waals surface area contributed by atoms with E-state index in [1.165, 1.54) is 6.07 Å². The number of carbonyl (C=O) groups is 1. The van der Waals surface area contributed by atoms with Crippen LogP contribution in [0.25, 0.3) is 0 Å². The molecule has 114 valence electrons. The number of carbonyl (C=O) groups excluding carboxylic acids is 1. The van der Waals surface area contributed by atoms with Crippen LogP contribution in [0.2, 0.25) is 0 Å². The van der Waals surface area contributed by atoms with E-state index in [1.54, 1.807) is 0 Å². The average Bonchev–Trinajstić information content (AvgIpc) is 2.31. The van der Waals surface area contributed by atoms with Crippen molar-refractivity contribution in [3.05, 3.63) is 35.4 Å². The van der Waals surface area contributed by atoms with Crippen molar-refractivity contribution in [1.82, 2.24) is 5.32 Å². The van der Waals surface area contributed by atoms with Crippen LogP contribution < -0.4 is 11.1 Å². The fraction of sp³-hybridized carbons (Fsp3) is 0.500. The van der Waals surface area contributed by atoms with Crippen LogP contribution in [0.1, 0.15) is 25.8 Å². The van der Waals surface area contributed by atoms with Gasteiger partial charge in [0.2, 0.25) is 5.91 Å². The Balaban J connectivity index is 0.00000361. The minimum Gasteiger partial charge on any atom is -0.352 e. The molecule has 0 saturated carbocycles. The number of rotatable bonds is 6. The number of halogens is 3. The zero-order valence-corrected chi connectivity index (χ0v) is 12.5. The highest BCUT2D eigenvalue weighted by molar-refractivity contribution is 5.85. The number of amides is 1. The Labute approximate surface area is 124 Å². The van der Waals surface area contributed by atoms with E-state index in [9.17, 15) is 13.6 Å². The maximum Gasteiger partial charge on any atom is 0.224 e. The molecule has 1 unspecified atom stereocenters. The third-order valence-electron chi connectivity index (χ3n) is 2.77. The first-order chi connectivity index (χ1) is 8.92. The zero-order chi connectivity index (χ0) is 14.4. The fourth-order valence-corrected chi connectivity index (χ4v) is 1.90. The molecule has 1 rings (SSSR count). The van der Waals surface area contributed by atoms with Crippen LogP contribution >= 0.6 is 12.4 Å². The summed E-state index contributed by atoms with van der Waals surface area (Å²) >= 11 is 0. The van der Waals surface area contributed by atoms with Gasteiger partial charge in [0.05, 0.1) is 6.42 Å². The van der Waals surface area contributed by atoms with Gasteiger partial charge in [-0.1, -0.05) is 19.9 Å². The third-order valence-corrected chi connectivity index (χ3v) is 2.77. The first-order valence-electron chi connectivity index (χ1n) is 6.35. The van der Waals surface area contributed by atoms with Crippen LogP contribution in [-0.2, 0) is 11.2 Å². The second-order valence-corrected chi connectivity index (χ2v) is 5.04. The summed E-state index contributed by atoms with van der Waals surface area (Å²) in [7, 11) is 0. The summed E-state index contributed by atoms with van der Waals surface area (Å²) in [6, 6.07) is 3.08. The van der Waals surface area contributed by atoms with E-state index in [0.29, 0.717) is 12.5 Å². The molecule has 0 bridgehead atoms. The number of hydrogen-bond donors (Lipinski definition) is 2. The van der Waals surface area contributed by atoms with Gasteiger partial charge < -0.3 is 11.1 Å². The molecule has 0 saturated heterocycles. The SMILES string of the molecule is CC(C)CC(CN)NC(=O)Cc1ccc(F)cc1F.Cl. The molecule has 0 aliphatic carbocycles. The Morgan fingerprint density at radius 3 is 2.50 bits per heavy atom. The molecule has 6 heteroatoms. The fourth-order valence-electron chi connectivity index (χ4n) is 1.90. The van der Waals surface area contributed by atoms with Gasteiger partial charge in [-0.05, 0) is 24.0 Å². The molecule has 3 N–H and O–H groups in total. The normalized spacial score (nSPS) is 11.9. The van der Waals surface area contributed by atoms with Gasteiger partial charge in [-0.3, -0.25) is 4.79 Å². The molecule has 1 atom stereocenters. The molecule has 0 fully saturated rings. The molecule has 0 aliphatic rings. The molecule has 1 amide bonds. The summed E-state index contributed by atoms with van der Waals surface area (Å²) in [5.74, 6) is -1.25. The summed E-state index contributed by atoms with van der Waals surface area (Å²) < 4.78 is 26.1. The van der Waals surface area contributed by atoms with E-state index in [-0.39, 0.29) is 36.3 Å². The lowest BCUT2D eigenvalue weighted by atomic mass is 10.0. The molecular formula is C14H21ClF2N2O. The van der Waals surface area contributed by atoms with Gasteiger partial charge in [0.1, 0.15) is 11.6 Å². The number of nitrogens with one attached hydrogen (secondary N) is 1. The summed E-state index contributed by atoms with van der Waals surface area (Å²) in [5, 5.41) is 2.76.